The van der Waals surface area contributed by atoms with E-state index < -0.39 is 0 Å². The highest BCUT2D eigenvalue weighted by molar-refractivity contribution is 5.96. The third-order valence-corrected chi connectivity index (χ3v) is 4.61. The summed E-state index contributed by atoms with van der Waals surface area (Å²) in [7, 11) is 0. The lowest BCUT2D eigenvalue weighted by Crippen LogP contribution is -2.02. The summed E-state index contributed by atoms with van der Waals surface area (Å²) in [6.45, 7) is 4.80. The highest BCUT2D eigenvalue weighted by Crippen LogP contribution is 2.38. The van der Waals surface area contributed by atoms with E-state index in [1.54, 1.807) is 0 Å². The van der Waals surface area contributed by atoms with Crippen LogP contribution in [0, 0.1) is 6.92 Å². The zero-order valence-corrected chi connectivity index (χ0v) is 14.2. The molecule has 0 atom stereocenters. The summed E-state index contributed by atoms with van der Waals surface area (Å²) >= 11 is 0. The van der Waals surface area contributed by atoms with Gasteiger partial charge in [0, 0.05) is 11.1 Å². The van der Waals surface area contributed by atoms with E-state index in [-0.39, 0.29) is 0 Å². The van der Waals surface area contributed by atoms with Crippen LogP contribution in [0.25, 0.3) is 10.9 Å². The molecule has 2 aromatic carbocycles. The largest absolute Gasteiger partial charge is 0.492 e. The fourth-order valence-corrected chi connectivity index (χ4v) is 3.50. The van der Waals surface area contributed by atoms with Gasteiger partial charge in [-0.3, -0.25) is 4.98 Å². The Morgan fingerprint density at radius 1 is 1.12 bits per heavy atom. The van der Waals surface area contributed by atoms with Crippen molar-refractivity contribution >= 4 is 22.3 Å². The fraction of sp³-hybridized carbons (Fsp3) is 0.286. The smallest absolute Gasteiger partial charge is 0.142 e. The van der Waals surface area contributed by atoms with Gasteiger partial charge in [0.15, 0.2) is 0 Å². The molecule has 3 aromatic rings. The molecule has 122 valence electrons. The van der Waals surface area contributed by atoms with Crippen LogP contribution in [0.15, 0.2) is 42.5 Å². The van der Waals surface area contributed by atoms with Crippen molar-refractivity contribution in [3.63, 3.8) is 0 Å². The summed E-state index contributed by atoms with van der Waals surface area (Å²) in [5, 5.41) is 4.86. The highest BCUT2D eigenvalue weighted by atomic mass is 16.5. The van der Waals surface area contributed by atoms with Crippen molar-refractivity contribution in [1.82, 2.24) is 4.98 Å². The van der Waals surface area contributed by atoms with Crippen LogP contribution in [0.1, 0.15) is 30.2 Å². The minimum atomic E-state index is 0.660. The quantitative estimate of drug-likeness (QED) is 0.720. The molecule has 0 fully saturated rings. The number of aromatic nitrogens is 1. The van der Waals surface area contributed by atoms with Gasteiger partial charge in [0.1, 0.15) is 5.75 Å². The number of fused-ring (bicyclic) bond motifs is 2. The Balaban J connectivity index is 1.88. The summed E-state index contributed by atoms with van der Waals surface area (Å²) < 4.78 is 5.79. The monoisotopic (exact) mass is 318 g/mol. The van der Waals surface area contributed by atoms with E-state index in [0.717, 1.165) is 29.8 Å². The molecule has 24 heavy (non-hydrogen) atoms. The Morgan fingerprint density at radius 3 is 2.88 bits per heavy atom. The van der Waals surface area contributed by atoms with Crippen molar-refractivity contribution in [1.29, 1.82) is 0 Å². The number of rotatable bonds is 4. The number of aryl methyl sites for hydroxylation is 2. The molecule has 1 heterocycles. The molecule has 0 amide bonds. The van der Waals surface area contributed by atoms with Crippen LogP contribution >= 0.6 is 0 Å². The second-order valence-electron chi connectivity index (χ2n) is 6.34. The Morgan fingerprint density at radius 2 is 2.00 bits per heavy atom. The van der Waals surface area contributed by atoms with Crippen molar-refractivity contribution in [2.24, 2.45) is 0 Å². The van der Waals surface area contributed by atoms with Gasteiger partial charge in [-0.15, -0.1) is 0 Å². The average molecular weight is 318 g/mol. The van der Waals surface area contributed by atoms with Gasteiger partial charge in [-0.25, -0.2) is 0 Å². The van der Waals surface area contributed by atoms with Crippen LogP contribution in [0.5, 0.6) is 5.75 Å². The second kappa shape index (κ2) is 6.16. The van der Waals surface area contributed by atoms with E-state index in [9.17, 15) is 0 Å². The van der Waals surface area contributed by atoms with Crippen LogP contribution < -0.4 is 10.1 Å². The molecule has 1 aromatic heterocycles. The van der Waals surface area contributed by atoms with Crippen LogP contribution in [0.4, 0.5) is 11.4 Å². The van der Waals surface area contributed by atoms with Gasteiger partial charge in [-0.1, -0.05) is 23.8 Å². The molecule has 0 spiro atoms. The summed E-state index contributed by atoms with van der Waals surface area (Å²) in [5.74, 6) is 0.893. The summed E-state index contributed by atoms with van der Waals surface area (Å²) in [6.07, 6.45) is 3.34. The molecule has 0 aliphatic heterocycles. The summed E-state index contributed by atoms with van der Waals surface area (Å²) in [4.78, 5) is 4.89. The number of ether oxygens (including phenoxy) is 1. The lowest BCUT2D eigenvalue weighted by atomic mass is 10.0. The SMILES string of the molecule is CCOc1ccccc1Nc1c2c(nc3ccc(C)cc13)CCC2. The molecule has 4 rings (SSSR count). The zero-order valence-electron chi connectivity index (χ0n) is 14.2. The maximum atomic E-state index is 5.79. The van der Waals surface area contributed by atoms with Gasteiger partial charge >= 0.3 is 0 Å². The van der Waals surface area contributed by atoms with Gasteiger partial charge in [-0.2, -0.15) is 0 Å². The van der Waals surface area contributed by atoms with Crippen molar-refractivity contribution < 1.29 is 4.74 Å². The van der Waals surface area contributed by atoms with Crippen molar-refractivity contribution in [3.05, 3.63) is 59.3 Å². The standard InChI is InChI=1S/C21H22N2O/c1-3-24-20-10-5-4-8-19(20)23-21-15-7-6-9-17(15)22-18-12-11-14(2)13-16(18)21/h4-5,8,10-13H,3,6-7,9H2,1-2H3,(H,22,23). The molecule has 0 saturated carbocycles. The molecule has 1 aliphatic rings. The maximum Gasteiger partial charge on any atom is 0.142 e. The number of nitrogens with zero attached hydrogens (tertiary/aromatic N) is 1. The Bertz CT molecular complexity index is 902. The molecular formula is C21H22N2O. The third-order valence-electron chi connectivity index (χ3n) is 4.61. The maximum absolute atomic E-state index is 5.79. The molecule has 3 nitrogen and oxygen atoms in total. The van der Waals surface area contributed by atoms with Gasteiger partial charge < -0.3 is 10.1 Å². The summed E-state index contributed by atoms with van der Waals surface area (Å²) in [6, 6.07) is 14.6. The Labute approximate surface area is 142 Å². The molecule has 0 bridgehead atoms. The number of para-hydroxylation sites is 2. The minimum Gasteiger partial charge on any atom is -0.492 e. The molecule has 0 radical (unpaired) electrons. The Hall–Kier alpha value is -2.55. The van der Waals surface area contributed by atoms with E-state index in [1.165, 1.54) is 34.3 Å². The van der Waals surface area contributed by atoms with Crippen molar-refractivity contribution in [3.8, 4) is 5.75 Å². The van der Waals surface area contributed by atoms with Gasteiger partial charge in [0.2, 0.25) is 0 Å². The summed E-state index contributed by atoms with van der Waals surface area (Å²) in [5.41, 5.74) is 7.13. The lowest BCUT2D eigenvalue weighted by molar-refractivity contribution is 0.342. The van der Waals surface area contributed by atoms with E-state index >= 15 is 0 Å². The van der Waals surface area contributed by atoms with E-state index in [2.05, 4.69) is 36.5 Å². The lowest BCUT2D eigenvalue weighted by Gasteiger charge is -2.17. The average Bonchev–Trinajstić information content (AvgIpc) is 3.05. The number of anilines is 2. The fourth-order valence-electron chi connectivity index (χ4n) is 3.50. The molecule has 0 saturated heterocycles. The van der Waals surface area contributed by atoms with Gasteiger partial charge in [0.25, 0.3) is 0 Å². The van der Waals surface area contributed by atoms with Crippen LogP contribution in [-0.2, 0) is 12.8 Å². The molecule has 3 heteroatoms. The highest BCUT2D eigenvalue weighted by Gasteiger charge is 2.20. The first-order valence-corrected chi connectivity index (χ1v) is 8.67. The minimum absolute atomic E-state index is 0.660. The van der Waals surface area contributed by atoms with Gasteiger partial charge in [-0.05, 0) is 62.9 Å². The predicted molar refractivity (Wildman–Crippen MR) is 99.4 cm³/mol. The molecule has 1 N–H and O–H groups in total. The predicted octanol–water partition coefficient (Wildman–Crippen LogP) is 5.17. The van der Waals surface area contributed by atoms with E-state index in [1.807, 2.05) is 25.1 Å². The van der Waals surface area contributed by atoms with Crippen molar-refractivity contribution in [2.45, 2.75) is 33.1 Å². The first-order valence-electron chi connectivity index (χ1n) is 8.67. The Kier molecular flexibility index (Phi) is 3.85. The third kappa shape index (κ3) is 2.60. The molecule has 1 aliphatic carbocycles. The zero-order chi connectivity index (χ0) is 16.5. The number of pyridine rings is 1. The van der Waals surface area contributed by atoms with E-state index in [0.29, 0.717) is 6.61 Å². The van der Waals surface area contributed by atoms with Crippen LogP contribution in [0.2, 0.25) is 0 Å². The number of benzene rings is 2. The topological polar surface area (TPSA) is 34.1 Å². The second-order valence-corrected chi connectivity index (χ2v) is 6.34. The van der Waals surface area contributed by atoms with E-state index in [4.69, 9.17) is 9.72 Å². The van der Waals surface area contributed by atoms with Crippen molar-refractivity contribution in [2.75, 3.05) is 11.9 Å². The molecular weight excluding hydrogens is 296 g/mol. The number of hydrogen-bond donors (Lipinski definition) is 1. The number of nitrogens with one attached hydrogen (secondary N) is 1. The van der Waals surface area contributed by atoms with Gasteiger partial charge in [0.05, 0.1) is 23.5 Å². The van der Waals surface area contributed by atoms with Crippen LogP contribution in [-0.4, -0.2) is 11.6 Å². The van der Waals surface area contributed by atoms with Crippen LogP contribution in [0.3, 0.4) is 0 Å². The first kappa shape index (κ1) is 15.0. The first-order chi connectivity index (χ1) is 11.8. The number of hydrogen-bond acceptors (Lipinski definition) is 3. The molecule has 0 unspecified atom stereocenters. The normalized spacial score (nSPS) is 13.1.